The van der Waals surface area contributed by atoms with Crippen molar-refractivity contribution in [1.82, 2.24) is 5.32 Å². The summed E-state index contributed by atoms with van der Waals surface area (Å²) >= 11 is 0. The van der Waals surface area contributed by atoms with Crippen molar-refractivity contribution in [3.05, 3.63) is 11.8 Å². The van der Waals surface area contributed by atoms with Crippen molar-refractivity contribution in [1.29, 1.82) is 0 Å². The van der Waals surface area contributed by atoms with Gasteiger partial charge >= 0.3 is 5.97 Å². The molecule has 0 heterocycles. The average molecular weight is 269 g/mol. The lowest BCUT2D eigenvalue weighted by atomic mass is 10.0. The van der Waals surface area contributed by atoms with Crippen LogP contribution in [-0.2, 0) is 19.1 Å². The highest BCUT2D eigenvalue weighted by Crippen LogP contribution is 2.28. The largest absolute Gasteiger partial charge is 0.444 e. The summed E-state index contributed by atoms with van der Waals surface area (Å²) in [5.74, 6) is -2.35. The lowest BCUT2D eigenvalue weighted by Crippen LogP contribution is -2.46. The van der Waals surface area contributed by atoms with Gasteiger partial charge < -0.3 is 15.2 Å². The van der Waals surface area contributed by atoms with Crippen LogP contribution in [0.5, 0.6) is 0 Å². The van der Waals surface area contributed by atoms with Crippen LogP contribution in [0.1, 0.15) is 27.2 Å². The van der Waals surface area contributed by atoms with Gasteiger partial charge in [0.15, 0.2) is 0 Å². The van der Waals surface area contributed by atoms with Crippen molar-refractivity contribution in [2.45, 2.75) is 32.8 Å². The molecular weight excluding hydrogens is 250 g/mol. The van der Waals surface area contributed by atoms with Crippen molar-refractivity contribution in [3.8, 4) is 0 Å². The summed E-state index contributed by atoms with van der Waals surface area (Å²) in [6.07, 6.45) is 1.70. The van der Waals surface area contributed by atoms with Gasteiger partial charge in [-0.25, -0.2) is 0 Å². The zero-order chi connectivity index (χ0) is 14.6. The summed E-state index contributed by atoms with van der Waals surface area (Å²) < 4.78 is 5.22. The minimum absolute atomic E-state index is 0.158. The number of nitrogens with one attached hydrogen (secondary N) is 1. The van der Waals surface area contributed by atoms with E-state index in [1.807, 2.05) is 6.92 Å². The normalized spacial score (nSPS) is 24.1. The number of aliphatic hydroxyl groups excluding tert-OH is 1. The van der Waals surface area contributed by atoms with E-state index >= 15 is 0 Å². The molecule has 0 bridgehead atoms. The van der Waals surface area contributed by atoms with Crippen molar-refractivity contribution < 1.29 is 24.2 Å². The van der Waals surface area contributed by atoms with Crippen LogP contribution in [0.2, 0.25) is 0 Å². The van der Waals surface area contributed by atoms with Crippen LogP contribution in [0.3, 0.4) is 0 Å². The fourth-order valence-corrected chi connectivity index (χ4v) is 1.67. The minimum atomic E-state index is -1.60. The molecule has 1 aliphatic carbocycles. The summed E-state index contributed by atoms with van der Waals surface area (Å²) in [5, 5.41) is 11.5. The van der Waals surface area contributed by atoms with Crippen LogP contribution in [0.15, 0.2) is 11.8 Å². The van der Waals surface area contributed by atoms with E-state index in [2.05, 4.69) is 5.32 Å². The standard InChI is InChI=1S/C13H19NO5/c1-4-8(2)12(18)19-13(3)10(14-5-6-15)7-9(16)11(13)17/h7-8,14-15H,4-6H2,1-3H3/t8?,13-/m0/s1. The summed E-state index contributed by atoms with van der Waals surface area (Å²) in [5.41, 5.74) is -1.39. The molecule has 0 aromatic heterocycles. The highest BCUT2D eigenvalue weighted by Gasteiger charge is 2.49. The van der Waals surface area contributed by atoms with Gasteiger partial charge in [-0.15, -0.1) is 0 Å². The maximum absolute atomic E-state index is 11.9. The van der Waals surface area contributed by atoms with E-state index in [0.29, 0.717) is 6.42 Å². The first kappa shape index (κ1) is 15.4. The molecule has 0 aliphatic heterocycles. The predicted molar refractivity (Wildman–Crippen MR) is 67.1 cm³/mol. The number of esters is 1. The molecule has 19 heavy (non-hydrogen) atoms. The monoisotopic (exact) mass is 269 g/mol. The van der Waals surface area contributed by atoms with E-state index in [0.717, 1.165) is 6.08 Å². The maximum atomic E-state index is 11.9. The van der Waals surface area contributed by atoms with Gasteiger partial charge in [0.25, 0.3) is 5.78 Å². The lowest BCUT2D eigenvalue weighted by molar-refractivity contribution is -0.165. The molecular formula is C13H19NO5. The molecule has 6 nitrogen and oxygen atoms in total. The molecule has 0 aromatic rings. The van der Waals surface area contributed by atoms with E-state index in [-0.39, 0.29) is 24.8 Å². The van der Waals surface area contributed by atoms with E-state index < -0.39 is 23.1 Å². The Hall–Kier alpha value is -1.69. The maximum Gasteiger partial charge on any atom is 0.310 e. The zero-order valence-electron chi connectivity index (χ0n) is 11.4. The van der Waals surface area contributed by atoms with Gasteiger partial charge in [-0.05, 0) is 13.3 Å². The van der Waals surface area contributed by atoms with Crippen molar-refractivity contribution >= 4 is 17.5 Å². The summed E-state index contributed by atoms with van der Waals surface area (Å²) in [4.78, 5) is 35.1. The molecule has 0 saturated heterocycles. The van der Waals surface area contributed by atoms with E-state index in [1.165, 1.54) is 6.92 Å². The zero-order valence-corrected chi connectivity index (χ0v) is 11.4. The number of carbonyl (C=O) groups excluding carboxylic acids is 3. The average Bonchev–Trinajstić information content (AvgIpc) is 2.59. The Morgan fingerprint density at radius 2 is 2.16 bits per heavy atom. The van der Waals surface area contributed by atoms with Crippen LogP contribution in [0.25, 0.3) is 0 Å². The summed E-state index contributed by atoms with van der Waals surface area (Å²) in [7, 11) is 0. The SMILES string of the molecule is CCC(C)C(=O)O[C@]1(C)C(=O)C(=O)C=C1NCCO. The number of carbonyl (C=O) groups is 3. The lowest BCUT2D eigenvalue weighted by Gasteiger charge is -2.27. The molecule has 0 amide bonds. The Morgan fingerprint density at radius 3 is 2.68 bits per heavy atom. The highest BCUT2D eigenvalue weighted by molar-refractivity contribution is 6.48. The molecule has 0 saturated carbocycles. The van der Waals surface area contributed by atoms with Crippen LogP contribution in [-0.4, -0.2) is 41.4 Å². The summed E-state index contributed by atoms with van der Waals surface area (Å²) in [6, 6.07) is 0. The Bertz CT molecular complexity index is 429. The highest BCUT2D eigenvalue weighted by atomic mass is 16.6. The number of allylic oxidation sites excluding steroid dienone is 1. The molecule has 0 fully saturated rings. The number of aliphatic hydroxyl groups is 1. The van der Waals surface area contributed by atoms with Crippen LogP contribution >= 0.6 is 0 Å². The predicted octanol–water partition coefficient (Wildman–Crippen LogP) is -0.0480. The minimum Gasteiger partial charge on any atom is -0.444 e. The molecule has 1 unspecified atom stereocenters. The first-order chi connectivity index (χ1) is 8.86. The summed E-state index contributed by atoms with van der Waals surface area (Å²) in [6.45, 7) is 4.92. The molecule has 1 rings (SSSR count). The number of hydrogen-bond acceptors (Lipinski definition) is 6. The molecule has 106 valence electrons. The van der Waals surface area contributed by atoms with E-state index in [1.54, 1.807) is 6.92 Å². The fourth-order valence-electron chi connectivity index (χ4n) is 1.67. The molecule has 6 heteroatoms. The second-order valence-electron chi connectivity index (χ2n) is 4.67. The second kappa shape index (κ2) is 5.97. The third-order valence-electron chi connectivity index (χ3n) is 3.19. The molecule has 2 N–H and O–H groups in total. The van der Waals surface area contributed by atoms with Gasteiger partial charge in [-0.1, -0.05) is 13.8 Å². The van der Waals surface area contributed by atoms with E-state index in [9.17, 15) is 14.4 Å². The second-order valence-corrected chi connectivity index (χ2v) is 4.67. The number of rotatable bonds is 6. The third-order valence-corrected chi connectivity index (χ3v) is 3.19. The Morgan fingerprint density at radius 1 is 1.53 bits per heavy atom. The van der Waals surface area contributed by atoms with Gasteiger partial charge in [0, 0.05) is 12.6 Å². The smallest absolute Gasteiger partial charge is 0.310 e. The Kier molecular flexibility index (Phi) is 4.83. The molecule has 2 atom stereocenters. The van der Waals surface area contributed by atoms with E-state index in [4.69, 9.17) is 9.84 Å². The third kappa shape index (κ3) is 3.01. The van der Waals surface area contributed by atoms with Crippen LogP contribution in [0.4, 0.5) is 0 Å². The van der Waals surface area contributed by atoms with Gasteiger partial charge in [-0.2, -0.15) is 0 Å². The molecule has 0 spiro atoms. The van der Waals surface area contributed by atoms with Crippen LogP contribution < -0.4 is 5.32 Å². The molecule has 0 aromatic carbocycles. The molecule has 0 radical (unpaired) electrons. The van der Waals surface area contributed by atoms with Crippen molar-refractivity contribution in [2.75, 3.05) is 13.2 Å². The number of ketones is 2. The van der Waals surface area contributed by atoms with Crippen molar-refractivity contribution in [3.63, 3.8) is 0 Å². The topological polar surface area (TPSA) is 92.7 Å². The Balaban J connectivity index is 2.92. The fraction of sp³-hybridized carbons (Fsp3) is 0.615. The number of Topliss-reactive ketones (excluding diaryl/α,β-unsaturated/α-hetero) is 1. The first-order valence-corrected chi connectivity index (χ1v) is 6.25. The van der Waals surface area contributed by atoms with Gasteiger partial charge in [0.2, 0.25) is 11.4 Å². The number of hydrogen-bond donors (Lipinski definition) is 2. The number of ether oxygens (including phenoxy) is 1. The van der Waals surface area contributed by atoms with Gasteiger partial charge in [-0.3, -0.25) is 14.4 Å². The van der Waals surface area contributed by atoms with Gasteiger partial charge in [0.05, 0.1) is 18.2 Å². The first-order valence-electron chi connectivity index (χ1n) is 6.25. The Labute approximate surface area is 111 Å². The van der Waals surface area contributed by atoms with Crippen LogP contribution in [0, 0.1) is 5.92 Å². The van der Waals surface area contributed by atoms with Crippen molar-refractivity contribution in [2.24, 2.45) is 5.92 Å². The van der Waals surface area contributed by atoms with Gasteiger partial charge in [0.1, 0.15) is 0 Å². The molecule has 1 aliphatic rings. The quantitative estimate of drug-likeness (QED) is 0.519.